The zero-order chi connectivity index (χ0) is 12.3. The summed E-state index contributed by atoms with van der Waals surface area (Å²) in [4.78, 5) is 2.28. The summed E-state index contributed by atoms with van der Waals surface area (Å²) in [5, 5.41) is 7.67. The summed E-state index contributed by atoms with van der Waals surface area (Å²) < 4.78 is 1.94. The minimum Gasteiger partial charge on any atom is -0.310 e. The molecule has 4 nitrogen and oxygen atoms in total. The Labute approximate surface area is 98.6 Å². The van der Waals surface area contributed by atoms with Crippen molar-refractivity contribution >= 4 is 0 Å². The third-order valence-corrected chi connectivity index (χ3v) is 3.80. The molecule has 2 atom stereocenters. The average Bonchev–Trinajstić information content (AvgIpc) is 2.65. The van der Waals surface area contributed by atoms with Crippen LogP contribution in [0.5, 0.6) is 0 Å². The molecule has 4 heteroatoms. The van der Waals surface area contributed by atoms with Gasteiger partial charge in [-0.15, -0.1) is 0 Å². The highest BCUT2D eigenvalue weighted by Gasteiger charge is 2.36. The van der Waals surface area contributed by atoms with Gasteiger partial charge >= 0.3 is 0 Å². The number of hydrogen-bond donors (Lipinski definition) is 1. The molecule has 0 amide bonds. The van der Waals surface area contributed by atoms with Crippen LogP contribution >= 0.6 is 0 Å². The first kappa shape index (κ1) is 13.2. The lowest BCUT2D eigenvalue weighted by Gasteiger charge is -2.42. The zero-order valence-corrected chi connectivity index (χ0v) is 11.3. The maximum absolute atomic E-state index is 4.25. The molecule has 1 aromatic rings. The van der Waals surface area contributed by atoms with Crippen LogP contribution < -0.4 is 5.32 Å². The van der Waals surface area contributed by atoms with Crippen LogP contribution in [0, 0.1) is 0 Å². The van der Waals surface area contributed by atoms with Crippen molar-refractivity contribution in [3.8, 4) is 0 Å². The number of aryl methyl sites for hydroxylation is 1. The van der Waals surface area contributed by atoms with Crippen LogP contribution in [-0.4, -0.2) is 41.4 Å². The first-order chi connectivity index (χ1) is 7.47. The van der Waals surface area contributed by atoms with Crippen molar-refractivity contribution in [1.29, 1.82) is 0 Å². The van der Waals surface area contributed by atoms with Crippen LogP contribution in [0.1, 0.15) is 32.0 Å². The van der Waals surface area contributed by atoms with Crippen molar-refractivity contribution in [2.75, 3.05) is 21.1 Å². The molecule has 1 aromatic heterocycles. The van der Waals surface area contributed by atoms with Crippen molar-refractivity contribution in [2.45, 2.75) is 31.8 Å². The Morgan fingerprint density at radius 3 is 2.50 bits per heavy atom. The van der Waals surface area contributed by atoms with Gasteiger partial charge in [-0.25, -0.2) is 0 Å². The number of hydrogen-bond acceptors (Lipinski definition) is 3. The Hall–Kier alpha value is -0.870. The van der Waals surface area contributed by atoms with E-state index in [0.29, 0.717) is 0 Å². The van der Waals surface area contributed by atoms with Crippen LogP contribution in [0.15, 0.2) is 12.3 Å². The van der Waals surface area contributed by atoms with Gasteiger partial charge in [0.25, 0.3) is 0 Å². The minimum atomic E-state index is 0.0859. The molecular weight excluding hydrogens is 200 g/mol. The summed E-state index contributed by atoms with van der Waals surface area (Å²) in [7, 11) is 8.26. The monoisotopic (exact) mass is 224 g/mol. The molecule has 2 unspecified atom stereocenters. The second-order valence-electron chi connectivity index (χ2n) is 4.71. The van der Waals surface area contributed by atoms with E-state index in [1.54, 1.807) is 0 Å². The highest BCUT2D eigenvalue weighted by Crippen LogP contribution is 2.31. The molecule has 0 aliphatic heterocycles. The third-order valence-electron chi connectivity index (χ3n) is 3.80. The predicted octanol–water partition coefficient (Wildman–Crippen LogP) is 1.41. The molecule has 1 N–H and O–H groups in total. The Morgan fingerprint density at radius 2 is 2.19 bits per heavy atom. The first-order valence-corrected chi connectivity index (χ1v) is 5.80. The fourth-order valence-electron chi connectivity index (χ4n) is 2.22. The molecule has 1 heterocycles. The normalized spacial score (nSPS) is 17.4. The van der Waals surface area contributed by atoms with E-state index < -0.39 is 0 Å². The van der Waals surface area contributed by atoms with Gasteiger partial charge in [-0.05, 0) is 40.6 Å². The Kier molecular flexibility index (Phi) is 4.10. The lowest BCUT2D eigenvalue weighted by molar-refractivity contribution is 0.113. The van der Waals surface area contributed by atoms with Gasteiger partial charge in [0.2, 0.25) is 0 Å². The van der Waals surface area contributed by atoms with Crippen molar-refractivity contribution in [3.63, 3.8) is 0 Å². The molecule has 1 rings (SSSR count). The van der Waals surface area contributed by atoms with Gasteiger partial charge in [0.05, 0.1) is 11.7 Å². The van der Waals surface area contributed by atoms with Gasteiger partial charge < -0.3 is 10.2 Å². The van der Waals surface area contributed by atoms with Gasteiger partial charge in [0.15, 0.2) is 0 Å². The quantitative estimate of drug-likeness (QED) is 0.821. The summed E-state index contributed by atoms with van der Waals surface area (Å²) in [6, 6.07) is 2.36. The van der Waals surface area contributed by atoms with Gasteiger partial charge in [0.1, 0.15) is 0 Å². The molecule has 0 bridgehead atoms. The van der Waals surface area contributed by atoms with Crippen LogP contribution in [0.3, 0.4) is 0 Å². The standard InChI is InChI=1S/C12H24N4/c1-7-12(2,15(4)5)11(13-3)10-8-9-14-16(10)6/h8-9,11,13H,7H2,1-6H3. The van der Waals surface area contributed by atoms with Crippen molar-refractivity contribution in [3.05, 3.63) is 18.0 Å². The van der Waals surface area contributed by atoms with Gasteiger partial charge in [-0.1, -0.05) is 6.92 Å². The van der Waals surface area contributed by atoms with Gasteiger partial charge in [-0.2, -0.15) is 5.10 Å². The highest BCUT2D eigenvalue weighted by molar-refractivity contribution is 5.13. The number of aromatic nitrogens is 2. The van der Waals surface area contributed by atoms with E-state index in [9.17, 15) is 0 Å². The minimum absolute atomic E-state index is 0.0859. The Bertz CT molecular complexity index is 332. The van der Waals surface area contributed by atoms with E-state index >= 15 is 0 Å². The maximum Gasteiger partial charge on any atom is 0.0673 e. The smallest absolute Gasteiger partial charge is 0.0673 e. The van der Waals surface area contributed by atoms with Crippen molar-refractivity contribution in [2.24, 2.45) is 7.05 Å². The molecule has 92 valence electrons. The maximum atomic E-state index is 4.25. The second-order valence-corrected chi connectivity index (χ2v) is 4.71. The summed E-state index contributed by atoms with van der Waals surface area (Å²) in [6.07, 6.45) is 2.93. The molecule has 0 spiro atoms. The van der Waals surface area contributed by atoms with Gasteiger partial charge in [0, 0.05) is 18.8 Å². The summed E-state index contributed by atoms with van der Waals surface area (Å²) in [6.45, 7) is 4.50. The Balaban J connectivity index is 3.11. The van der Waals surface area contributed by atoms with Crippen molar-refractivity contribution < 1.29 is 0 Å². The molecule has 0 aliphatic rings. The largest absolute Gasteiger partial charge is 0.310 e. The lowest BCUT2D eigenvalue weighted by atomic mass is 9.86. The van der Waals surface area contributed by atoms with E-state index in [1.807, 2.05) is 25.0 Å². The summed E-state index contributed by atoms with van der Waals surface area (Å²) >= 11 is 0. The molecule has 0 saturated carbocycles. The van der Waals surface area contributed by atoms with Crippen LogP contribution in [-0.2, 0) is 7.05 Å². The molecular formula is C12H24N4. The molecule has 0 aromatic carbocycles. The van der Waals surface area contributed by atoms with E-state index in [-0.39, 0.29) is 11.6 Å². The average molecular weight is 224 g/mol. The molecule has 0 aliphatic carbocycles. The van der Waals surface area contributed by atoms with E-state index in [4.69, 9.17) is 0 Å². The molecule has 16 heavy (non-hydrogen) atoms. The SMILES string of the molecule is CCC(C)(C(NC)c1ccnn1C)N(C)C. The third kappa shape index (κ3) is 2.13. The van der Waals surface area contributed by atoms with E-state index in [2.05, 4.69) is 49.3 Å². The summed E-state index contributed by atoms with van der Waals surface area (Å²) in [5.74, 6) is 0. The molecule has 0 fully saturated rings. The van der Waals surface area contributed by atoms with E-state index in [1.165, 1.54) is 5.69 Å². The zero-order valence-electron chi connectivity index (χ0n) is 11.3. The number of nitrogens with one attached hydrogen (secondary N) is 1. The van der Waals surface area contributed by atoms with Gasteiger partial charge in [-0.3, -0.25) is 4.68 Å². The number of likely N-dealkylation sites (N-methyl/N-ethyl adjacent to an activating group) is 2. The van der Waals surface area contributed by atoms with E-state index in [0.717, 1.165) is 6.42 Å². The van der Waals surface area contributed by atoms with Crippen LogP contribution in [0.4, 0.5) is 0 Å². The number of rotatable bonds is 5. The fourth-order valence-corrected chi connectivity index (χ4v) is 2.22. The predicted molar refractivity (Wildman–Crippen MR) is 67.4 cm³/mol. The highest BCUT2D eigenvalue weighted by atomic mass is 15.3. The fraction of sp³-hybridized carbons (Fsp3) is 0.750. The van der Waals surface area contributed by atoms with Crippen LogP contribution in [0.2, 0.25) is 0 Å². The Morgan fingerprint density at radius 1 is 1.56 bits per heavy atom. The van der Waals surface area contributed by atoms with Crippen LogP contribution in [0.25, 0.3) is 0 Å². The van der Waals surface area contributed by atoms with Crippen molar-refractivity contribution in [1.82, 2.24) is 20.0 Å². The lowest BCUT2D eigenvalue weighted by Crippen LogP contribution is -2.51. The molecule has 0 saturated heterocycles. The number of nitrogens with zero attached hydrogens (tertiary/aromatic N) is 3. The molecule has 0 radical (unpaired) electrons. The first-order valence-electron chi connectivity index (χ1n) is 5.80. The topological polar surface area (TPSA) is 33.1 Å². The second kappa shape index (κ2) is 4.97. The summed E-state index contributed by atoms with van der Waals surface area (Å²) in [5.41, 5.74) is 1.31.